The summed E-state index contributed by atoms with van der Waals surface area (Å²) >= 11 is 0. The topological polar surface area (TPSA) is 24.5 Å². The maximum atomic E-state index is 5.68. The zero-order valence-electron chi connectivity index (χ0n) is 14.0. The molecule has 2 aliphatic rings. The van der Waals surface area contributed by atoms with Gasteiger partial charge in [-0.1, -0.05) is 27.7 Å². The van der Waals surface area contributed by atoms with Crippen LogP contribution in [-0.2, 0) is 4.74 Å². The van der Waals surface area contributed by atoms with E-state index in [0.29, 0.717) is 11.6 Å². The molecule has 2 heterocycles. The van der Waals surface area contributed by atoms with Gasteiger partial charge >= 0.3 is 0 Å². The van der Waals surface area contributed by atoms with Crippen molar-refractivity contribution in [1.82, 2.24) is 10.2 Å². The molecule has 2 aliphatic heterocycles. The van der Waals surface area contributed by atoms with E-state index < -0.39 is 0 Å². The van der Waals surface area contributed by atoms with Gasteiger partial charge in [-0.15, -0.1) is 0 Å². The van der Waals surface area contributed by atoms with E-state index in [9.17, 15) is 0 Å². The van der Waals surface area contributed by atoms with Gasteiger partial charge in [-0.3, -0.25) is 4.90 Å². The summed E-state index contributed by atoms with van der Waals surface area (Å²) in [7, 11) is 0. The summed E-state index contributed by atoms with van der Waals surface area (Å²) < 4.78 is 5.68. The Kier molecular flexibility index (Phi) is 5.88. The fourth-order valence-corrected chi connectivity index (χ4v) is 3.88. The van der Waals surface area contributed by atoms with Crippen LogP contribution in [-0.4, -0.2) is 49.3 Å². The highest BCUT2D eigenvalue weighted by Crippen LogP contribution is 2.27. The number of hydrogen-bond donors (Lipinski definition) is 1. The number of piperazine rings is 1. The van der Waals surface area contributed by atoms with Gasteiger partial charge < -0.3 is 10.1 Å². The molecule has 0 aromatic heterocycles. The molecular weight excluding hydrogens is 248 g/mol. The summed E-state index contributed by atoms with van der Waals surface area (Å²) in [5.74, 6) is 1.47. The lowest BCUT2D eigenvalue weighted by molar-refractivity contribution is -0.00176. The van der Waals surface area contributed by atoms with Crippen LogP contribution in [0.3, 0.4) is 0 Å². The van der Waals surface area contributed by atoms with Gasteiger partial charge in [-0.05, 0) is 37.5 Å². The molecule has 1 N–H and O–H groups in total. The molecule has 2 unspecified atom stereocenters. The maximum Gasteiger partial charge on any atom is 0.0506 e. The lowest BCUT2D eigenvalue weighted by atomic mass is 9.85. The molecule has 0 radical (unpaired) electrons. The van der Waals surface area contributed by atoms with Crippen molar-refractivity contribution in [1.29, 1.82) is 0 Å². The molecule has 0 bridgehead atoms. The van der Waals surface area contributed by atoms with Gasteiger partial charge in [-0.25, -0.2) is 0 Å². The number of rotatable bonds is 5. The predicted octanol–water partition coefficient (Wildman–Crippen LogP) is 2.90. The largest absolute Gasteiger partial charge is 0.381 e. The second-order valence-electron chi connectivity index (χ2n) is 7.19. The molecule has 3 nitrogen and oxygen atoms in total. The van der Waals surface area contributed by atoms with Crippen LogP contribution < -0.4 is 5.32 Å². The van der Waals surface area contributed by atoms with Crippen LogP contribution in [0.2, 0.25) is 0 Å². The normalized spacial score (nSPS) is 31.6. The van der Waals surface area contributed by atoms with Crippen LogP contribution in [0.1, 0.15) is 53.4 Å². The number of nitrogens with one attached hydrogen (secondary N) is 1. The number of hydrogen-bond acceptors (Lipinski definition) is 3. The third kappa shape index (κ3) is 3.75. The van der Waals surface area contributed by atoms with E-state index >= 15 is 0 Å². The molecule has 20 heavy (non-hydrogen) atoms. The number of ether oxygens (including phenoxy) is 1. The van der Waals surface area contributed by atoms with Crippen molar-refractivity contribution in [3.05, 3.63) is 0 Å². The van der Waals surface area contributed by atoms with Gasteiger partial charge in [0.15, 0.2) is 0 Å². The third-order valence-corrected chi connectivity index (χ3v) is 5.53. The average molecular weight is 282 g/mol. The Morgan fingerprint density at radius 1 is 1.30 bits per heavy atom. The summed E-state index contributed by atoms with van der Waals surface area (Å²) in [6.45, 7) is 14.9. The fourth-order valence-electron chi connectivity index (χ4n) is 3.88. The van der Waals surface area contributed by atoms with E-state index in [0.717, 1.165) is 31.6 Å². The standard InChI is InChI=1S/C17H34N2O/c1-5-17(6-2)13-19(16(10-18-17)14(3)4)11-15-8-7-9-20-12-15/h14-16,18H,5-13H2,1-4H3. The second-order valence-corrected chi connectivity index (χ2v) is 7.19. The van der Waals surface area contributed by atoms with Crippen molar-refractivity contribution in [2.24, 2.45) is 11.8 Å². The smallest absolute Gasteiger partial charge is 0.0506 e. The van der Waals surface area contributed by atoms with Crippen molar-refractivity contribution in [3.8, 4) is 0 Å². The molecule has 2 rings (SSSR count). The Balaban J connectivity index is 2.02. The molecule has 0 aromatic rings. The van der Waals surface area contributed by atoms with Crippen LogP contribution >= 0.6 is 0 Å². The SMILES string of the molecule is CCC1(CC)CN(CC2CCCOC2)C(C(C)C)CN1. The average Bonchev–Trinajstić information content (AvgIpc) is 2.48. The van der Waals surface area contributed by atoms with Gasteiger partial charge in [0.05, 0.1) is 6.61 Å². The first-order valence-corrected chi connectivity index (χ1v) is 8.67. The molecule has 3 heteroatoms. The first-order valence-electron chi connectivity index (χ1n) is 8.67. The molecule has 2 fully saturated rings. The van der Waals surface area contributed by atoms with E-state index in [4.69, 9.17) is 4.74 Å². The minimum absolute atomic E-state index is 0.334. The van der Waals surface area contributed by atoms with E-state index in [-0.39, 0.29) is 0 Å². The van der Waals surface area contributed by atoms with Crippen molar-refractivity contribution < 1.29 is 4.74 Å². The zero-order valence-corrected chi connectivity index (χ0v) is 14.0. The Hall–Kier alpha value is -0.120. The highest BCUT2D eigenvalue weighted by molar-refractivity contribution is 4.98. The zero-order chi connectivity index (χ0) is 14.6. The van der Waals surface area contributed by atoms with Crippen LogP contribution in [0, 0.1) is 11.8 Å². The van der Waals surface area contributed by atoms with Gasteiger partial charge in [-0.2, -0.15) is 0 Å². The van der Waals surface area contributed by atoms with Gasteiger partial charge in [0, 0.05) is 37.8 Å². The van der Waals surface area contributed by atoms with E-state index in [1.165, 1.54) is 38.8 Å². The second kappa shape index (κ2) is 7.24. The predicted molar refractivity (Wildman–Crippen MR) is 85.1 cm³/mol. The summed E-state index contributed by atoms with van der Waals surface area (Å²) in [4.78, 5) is 2.77. The molecule has 2 saturated heterocycles. The molecule has 0 aliphatic carbocycles. The quantitative estimate of drug-likeness (QED) is 0.839. The molecule has 0 amide bonds. The monoisotopic (exact) mass is 282 g/mol. The van der Waals surface area contributed by atoms with Crippen LogP contribution in [0.25, 0.3) is 0 Å². The lowest BCUT2D eigenvalue weighted by Gasteiger charge is -2.50. The van der Waals surface area contributed by atoms with Crippen molar-refractivity contribution >= 4 is 0 Å². The molecule has 0 spiro atoms. The van der Waals surface area contributed by atoms with Gasteiger partial charge in [0.1, 0.15) is 0 Å². The summed E-state index contributed by atoms with van der Waals surface area (Å²) in [5.41, 5.74) is 0.334. The molecule has 0 aromatic carbocycles. The minimum Gasteiger partial charge on any atom is -0.381 e. The van der Waals surface area contributed by atoms with Gasteiger partial charge in [0.25, 0.3) is 0 Å². The minimum atomic E-state index is 0.334. The van der Waals surface area contributed by atoms with E-state index in [1.54, 1.807) is 0 Å². The Bertz CT molecular complexity index is 283. The molecule has 2 atom stereocenters. The van der Waals surface area contributed by atoms with Crippen molar-refractivity contribution in [2.75, 3.05) is 32.8 Å². The molecule has 0 saturated carbocycles. The van der Waals surface area contributed by atoms with Crippen LogP contribution in [0.5, 0.6) is 0 Å². The lowest BCUT2D eigenvalue weighted by Crippen LogP contribution is -2.65. The highest BCUT2D eigenvalue weighted by atomic mass is 16.5. The summed E-state index contributed by atoms with van der Waals surface area (Å²) in [6.07, 6.45) is 5.05. The first-order chi connectivity index (χ1) is 9.60. The highest BCUT2D eigenvalue weighted by Gasteiger charge is 2.38. The maximum absolute atomic E-state index is 5.68. The van der Waals surface area contributed by atoms with E-state index in [1.807, 2.05) is 0 Å². The summed E-state index contributed by atoms with van der Waals surface area (Å²) in [5, 5.41) is 3.86. The van der Waals surface area contributed by atoms with Crippen LogP contribution in [0.15, 0.2) is 0 Å². The van der Waals surface area contributed by atoms with Crippen molar-refractivity contribution in [3.63, 3.8) is 0 Å². The van der Waals surface area contributed by atoms with Gasteiger partial charge in [0.2, 0.25) is 0 Å². The van der Waals surface area contributed by atoms with Crippen molar-refractivity contribution in [2.45, 2.75) is 65.0 Å². The van der Waals surface area contributed by atoms with Crippen LogP contribution in [0.4, 0.5) is 0 Å². The molecule has 118 valence electrons. The number of nitrogens with zero attached hydrogens (tertiary/aromatic N) is 1. The van der Waals surface area contributed by atoms with E-state index in [2.05, 4.69) is 37.9 Å². The molecular formula is C17H34N2O. The Morgan fingerprint density at radius 2 is 2.05 bits per heavy atom. The Morgan fingerprint density at radius 3 is 2.60 bits per heavy atom. The third-order valence-electron chi connectivity index (χ3n) is 5.53. The Labute approximate surface area is 125 Å². The first kappa shape index (κ1) is 16.3. The fraction of sp³-hybridized carbons (Fsp3) is 1.00. The summed E-state index contributed by atoms with van der Waals surface area (Å²) in [6, 6.07) is 0.683.